The van der Waals surface area contributed by atoms with E-state index in [1.165, 1.54) is 0 Å². The largest absolute Gasteiger partial charge is 0.490 e. The lowest BCUT2D eigenvalue weighted by Gasteiger charge is -2.49. The second-order valence-corrected chi connectivity index (χ2v) is 14.6. The van der Waals surface area contributed by atoms with E-state index in [2.05, 4.69) is 44.7 Å². The normalized spacial score (nSPS) is 19.4. The Morgan fingerprint density at radius 2 is 1.33 bits per heavy atom. The molecule has 234 valence electrons. The highest BCUT2D eigenvalue weighted by molar-refractivity contribution is 6.30. The Morgan fingerprint density at radius 1 is 0.733 bits per heavy atom. The Morgan fingerprint density at radius 3 is 1.91 bits per heavy atom. The number of nitrogens with zero attached hydrogens (tertiary/aromatic N) is 1. The lowest BCUT2D eigenvalue weighted by molar-refractivity contribution is -0.119. The van der Waals surface area contributed by atoms with Crippen LogP contribution in [0.1, 0.15) is 82.9 Å². The maximum Gasteiger partial charge on any atom is 0.162 e. The van der Waals surface area contributed by atoms with Gasteiger partial charge in [-0.3, -0.25) is 9.59 Å². The van der Waals surface area contributed by atoms with Gasteiger partial charge in [0.2, 0.25) is 0 Å². The van der Waals surface area contributed by atoms with Crippen LogP contribution in [0.2, 0.25) is 5.02 Å². The summed E-state index contributed by atoms with van der Waals surface area (Å²) in [5.41, 5.74) is 6.29. The van der Waals surface area contributed by atoms with Crippen LogP contribution in [0.5, 0.6) is 11.5 Å². The van der Waals surface area contributed by atoms with Crippen molar-refractivity contribution in [1.29, 1.82) is 0 Å². The van der Waals surface area contributed by atoms with E-state index in [0.717, 1.165) is 52.1 Å². The predicted octanol–water partition coefficient (Wildman–Crippen LogP) is 9.20. The first kappa shape index (κ1) is 31.2. The van der Waals surface area contributed by atoms with Crippen LogP contribution in [-0.4, -0.2) is 23.1 Å². The lowest BCUT2D eigenvalue weighted by atomic mass is 9.63. The number of hydrogen-bond acceptors (Lipinski definition) is 5. The van der Waals surface area contributed by atoms with Crippen LogP contribution in [-0.2, 0) is 22.7 Å². The lowest BCUT2D eigenvalue weighted by Crippen LogP contribution is -2.44. The summed E-state index contributed by atoms with van der Waals surface area (Å²) in [6, 6.07) is 23.8. The van der Waals surface area contributed by atoms with E-state index in [1.54, 1.807) is 0 Å². The van der Waals surface area contributed by atoms with Gasteiger partial charge in [-0.1, -0.05) is 87.8 Å². The second kappa shape index (κ2) is 12.2. The van der Waals surface area contributed by atoms with Crippen LogP contribution in [0.4, 0.5) is 0 Å². The molecule has 0 bridgehead atoms. The quantitative estimate of drug-likeness (QED) is 0.250. The van der Waals surface area contributed by atoms with Crippen LogP contribution in [0.25, 0.3) is 0 Å². The van der Waals surface area contributed by atoms with Crippen molar-refractivity contribution in [3.8, 4) is 11.5 Å². The summed E-state index contributed by atoms with van der Waals surface area (Å²) in [5.74, 6) is 1.02. The summed E-state index contributed by atoms with van der Waals surface area (Å²) in [7, 11) is 0. The van der Waals surface area contributed by atoms with E-state index in [1.807, 2.05) is 67.6 Å². The number of benzene rings is 3. The number of Topliss-reactive ketones (excluding diaryl/α,β-unsaturated/α-hetero) is 2. The molecule has 0 saturated carbocycles. The summed E-state index contributed by atoms with van der Waals surface area (Å²) < 4.78 is 12.3. The van der Waals surface area contributed by atoms with Gasteiger partial charge in [-0.25, -0.2) is 0 Å². The fraction of sp³-hybridized carbons (Fsp3) is 0.385. The molecular weight excluding hydrogens is 582 g/mol. The average Bonchev–Trinajstić information content (AvgIpc) is 2.97. The maximum atomic E-state index is 14.2. The Labute approximate surface area is 271 Å². The van der Waals surface area contributed by atoms with Gasteiger partial charge in [-0.2, -0.15) is 0 Å². The molecule has 5 nitrogen and oxygen atoms in total. The van der Waals surface area contributed by atoms with E-state index in [-0.39, 0.29) is 22.4 Å². The molecule has 0 amide bonds. The molecule has 0 N–H and O–H groups in total. The monoisotopic (exact) mass is 623 g/mol. The van der Waals surface area contributed by atoms with E-state index in [4.69, 9.17) is 21.1 Å². The van der Waals surface area contributed by atoms with E-state index in [0.29, 0.717) is 49.1 Å². The third-order valence-electron chi connectivity index (χ3n) is 9.11. The maximum absolute atomic E-state index is 14.2. The number of rotatable bonds is 8. The summed E-state index contributed by atoms with van der Waals surface area (Å²) in [4.78, 5) is 30.7. The number of allylic oxidation sites excluding steroid dienone is 4. The molecule has 6 heteroatoms. The highest BCUT2D eigenvalue weighted by atomic mass is 35.5. The molecule has 0 spiro atoms. The van der Waals surface area contributed by atoms with Gasteiger partial charge in [-0.15, -0.1) is 0 Å². The van der Waals surface area contributed by atoms with Crippen molar-refractivity contribution >= 4 is 23.2 Å². The van der Waals surface area contributed by atoms with Gasteiger partial charge in [0.1, 0.15) is 6.61 Å². The molecule has 45 heavy (non-hydrogen) atoms. The molecule has 0 fully saturated rings. The first-order valence-electron chi connectivity index (χ1n) is 15.9. The third kappa shape index (κ3) is 6.46. The molecule has 0 aromatic heterocycles. The smallest absolute Gasteiger partial charge is 0.162 e. The average molecular weight is 624 g/mol. The van der Waals surface area contributed by atoms with Crippen LogP contribution < -0.4 is 9.47 Å². The van der Waals surface area contributed by atoms with Gasteiger partial charge in [0.25, 0.3) is 0 Å². The third-order valence-corrected chi connectivity index (χ3v) is 9.37. The van der Waals surface area contributed by atoms with Crippen LogP contribution in [0.3, 0.4) is 0 Å². The van der Waals surface area contributed by atoms with Crippen LogP contribution in [0, 0.1) is 10.8 Å². The molecule has 3 aromatic carbocycles. The van der Waals surface area contributed by atoms with Gasteiger partial charge in [0, 0.05) is 52.9 Å². The molecule has 2 aliphatic carbocycles. The number of carbonyl (C=O) groups excluding carboxylic acids is 2. The van der Waals surface area contributed by atoms with E-state index in [9.17, 15) is 9.59 Å². The Bertz CT molecular complexity index is 1630. The Balaban J connectivity index is 1.48. The Kier molecular flexibility index (Phi) is 8.43. The summed E-state index contributed by atoms with van der Waals surface area (Å²) in [6.07, 6.45) is 2.43. The van der Waals surface area contributed by atoms with Crippen LogP contribution in [0.15, 0.2) is 95.3 Å². The van der Waals surface area contributed by atoms with Crippen LogP contribution >= 0.6 is 11.6 Å². The molecule has 3 aromatic rings. The van der Waals surface area contributed by atoms with Gasteiger partial charge in [0.15, 0.2) is 23.1 Å². The fourth-order valence-electron chi connectivity index (χ4n) is 7.17. The SMILES string of the molecule is CCOc1cc(C2C3=C(CC(C)(C)CC3=O)N(Cc3ccccc3)C3=C2C(=O)CC(C)(C)C3)ccc1OCc1ccc(Cl)cc1. The minimum Gasteiger partial charge on any atom is -0.490 e. The van der Waals surface area contributed by atoms with Gasteiger partial charge >= 0.3 is 0 Å². The van der Waals surface area contributed by atoms with Crippen molar-refractivity contribution in [2.75, 3.05) is 6.61 Å². The van der Waals surface area contributed by atoms with Crippen molar-refractivity contribution < 1.29 is 19.1 Å². The first-order chi connectivity index (χ1) is 21.4. The number of halogens is 1. The molecular formula is C39H42ClNO4. The van der Waals surface area contributed by atoms with Crippen molar-refractivity contribution in [3.63, 3.8) is 0 Å². The molecule has 1 heterocycles. The number of ketones is 2. The van der Waals surface area contributed by atoms with E-state index >= 15 is 0 Å². The zero-order valence-corrected chi connectivity index (χ0v) is 27.7. The Hall–Kier alpha value is -3.83. The fourth-order valence-corrected chi connectivity index (χ4v) is 7.30. The number of hydrogen-bond donors (Lipinski definition) is 0. The highest BCUT2D eigenvalue weighted by Gasteiger charge is 2.49. The van der Waals surface area contributed by atoms with Crippen molar-refractivity contribution in [1.82, 2.24) is 4.90 Å². The molecule has 0 atom stereocenters. The van der Waals surface area contributed by atoms with Gasteiger partial charge < -0.3 is 14.4 Å². The molecule has 6 rings (SSSR count). The molecule has 1 aliphatic heterocycles. The molecule has 0 unspecified atom stereocenters. The minimum atomic E-state index is -0.446. The zero-order chi connectivity index (χ0) is 31.9. The first-order valence-corrected chi connectivity index (χ1v) is 16.3. The van der Waals surface area contributed by atoms with Gasteiger partial charge in [-0.05, 0) is 71.6 Å². The highest BCUT2D eigenvalue weighted by Crippen LogP contribution is 2.55. The zero-order valence-electron chi connectivity index (χ0n) is 26.9. The predicted molar refractivity (Wildman–Crippen MR) is 178 cm³/mol. The summed E-state index contributed by atoms with van der Waals surface area (Å²) in [6.45, 7) is 12.1. The molecule has 0 radical (unpaired) electrons. The minimum absolute atomic E-state index is 0.120. The summed E-state index contributed by atoms with van der Waals surface area (Å²) >= 11 is 6.07. The topological polar surface area (TPSA) is 55.8 Å². The van der Waals surface area contributed by atoms with Crippen molar-refractivity contribution in [3.05, 3.63) is 117 Å². The number of carbonyl (C=O) groups is 2. The number of ether oxygens (including phenoxy) is 2. The standard InChI is InChI=1S/C39H42ClNO4/c1-6-44-34-18-27(14-17-33(34)45-24-26-12-15-28(40)16-13-26)35-36-29(19-38(2,3)21-31(36)42)41(23-25-10-8-7-9-11-25)30-20-39(4,5)22-32(43)37(30)35/h7-18,35H,6,19-24H2,1-5H3. The summed E-state index contributed by atoms with van der Waals surface area (Å²) in [5, 5.41) is 0.677. The molecule has 0 saturated heterocycles. The van der Waals surface area contributed by atoms with E-state index < -0.39 is 5.92 Å². The van der Waals surface area contributed by atoms with Crippen molar-refractivity contribution in [2.24, 2.45) is 10.8 Å². The van der Waals surface area contributed by atoms with Crippen molar-refractivity contribution in [2.45, 2.75) is 79.4 Å². The second-order valence-electron chi connectivity index (χ2n) is 14.2. The van der Waals surface area contributed by atoms with Gasteiger partial charge in [0.05, 0.1) is 6.61 Å². The molecule has 3 aliphatic rings.